The van der Waals surface area contributed by atoms with Gasteiger partial charge in [0.2, 0.25) is 0 Å². The first kappa shape index (κ1) is 16.3. The molecule has 0 bridgehead atoms. The van der Waals surface area contributed by atoms with Crippen molar-refractivity contribution in [2.24, 2.45) is 0 Å². The standard InChI is InChI=1S/C18H21NO2S/c1-4-5-6-16-13-15(3)9-12-18(16)19-22(20,21)17-10-7-14(2)8-11-17/h4-5,7-13,19H,6H2,1-3H3/b5-4-. The third kappa shape index (κ3) is 3.98. The summed E-state index contributed by atoms with van der Waals surface area (Å²) in [7, 11) is -3.56. The van der Waals surface area contributed by atoms with Crippen LogP contribution in [0.5, 0.6) is 0 Å². The Bertz CT molecular complexity index is 775. The number of sulfonamides is 1. The molecule has 0 aliphatic rings. The number of hydrogen-bond acceptors (Lipinski definition) is 2. The van der Waals surface area contributed by atoms with Crippen molar-refractivity contribution in [2.75, 3.05) is 4.72 Å². The maximum absolute atomic E-state index is 12.5. The predicted molar refractivity (Wildman–Crippen MR) is 91.7 cm³/mol. The van der Waals surface area contributed by atoms with Gasteiger partial charge in [0.15, 0.2) is 0 Å². The molecule has 0 fully saturated rings. The summed E-state index contributed by atoms with van der Waals surface area (Å²) in [5.41, 5.74) is 3.74. The molecule has 0 unspecified atom stereocenters. The van der Waals surface area contributed by atoms with Crippen LogP contribution in [0.2, 0.25) is 0 Å². The van der Waals surface area contributed by atoms with Gasteiger partial charge in [0.05, 0.1) is 10.6 Å². The van der Waals surface area contributed by atoms with E-state index in [4.69, 9.17) is 0 Å². The molecule has 0 spiro atoms. The summed E-state index contributed by atoms with van der Waals surface area (Å²) in [4.78, 5) is 0.274. The normalized spacial score (nSPS) is 11.8. The lowest BCUT2D eigenvalue weighted by molar-refractivity contribution is 0.601. The van der Waals surface area contributed by atoms with E-state index < -0.39 is 10.0 Å². The maximum Gasteiger partial charge on any atom is 0.261 e. The SMILES string of the molecule is C/C=C\Cc1cc(C)ccc1NS(=O)(=O)c1ccc(C)cc1. The first-order chi connectivity index (χ1) is 10.4. The average molecular weight is 315 g/mol. The van der Waals surface area contributed by atoms with Crippen molar-refractivity contribution in [1.29, 1.82) is 0 Å². The lowest BCUT2D eigenvalue weighted by atomic mass is 10.1. The molecule has 4 heteroatoms. The van der Waals surface area contributed by atoms with E-state index in [0.717, 1.165) is 16.7 Å². The van der Waals surface area contributed by atoms with E-state index in [0.29, 0.717) is 12.1 Å². The Morgan fingerprint density at radius 2 is 1.64 bits per heavy atom. The van der Waals surface area contributed by atoms with Gasteiger partial charge >= 0.3 is 0 Å². The molecule has 3 nitrogen and oxygen atoms in total. The van der Waals surface area contributed by atoms with Crippen molar-refractivity contribution in [2.45, 2.75) is 32.1 Å². The third-order valence-corrected chi connectivity index (χ3v) is 4.79. The third-order valence-electron chi connectivity index (χ3n) is 3.41. The second-order valence-electron chi connectivity index (χ2n) is 5.35. The van der Waals surface area contributed by atoms with Gasteiger partial charge in [-0.25, -0.2) is 8.42 Å². The fourth-order valence-electron chi connectivity index (χ4n) is 2.16. The summed E-state index contributed by atoms with van der Waals surface area (Å²) in [5, 5.41) is 0. The van der Waals surface area contributed by atoms with Crippen molar-refractivity contribution < 1.29 is 8.42 Å². The van der Waals surface area contributed by atoms with Gasteiger partial charge in [-0.3, -0.25) is 4.72 Å². The summed E-state index contributed by atoms with van der Waals surface area (Å²) in [6, 6.07) is 12.6. The Balaban J connectivity index is 2.35. The lowest BCUT2D eigenvalue weighted by Gasteiger charge is -2.13. The van der Waals surface area contributed by atoms with Crippen LogP contribution in [0.15, 0.2) is 59.5 Å². The zero-order chi connectivity index (χ0) is 16.2. The highest BCUT2D eigenvalue weighted by atomic mass is 32.2. The van der Waals surface area contributed by atoms with Crippen molar-refractivity contribution >= 4 is 15.7 Å². The molecule has 0 amide bonds. The summed E-state index contributed by atoms with van der Waals surface area (Å²) < 4.78 is 27.7. The van der Waals surface area contributed by atoms with E-state index in [1.54, 1.807) is 24.3 Å². The zero-order valence-electron chi connectivity index (χ0n) is 13.1. The Labute approximate surface area is 132 Å². The average Bonchev–Trinajstić information content (AvgIpc) is 2.48. The molecule has 0 radical (unpaired) electrons. The number of allylic oxidation sites excluding steroid dienone is 2. The molecule has 2 aromatic carbocycles. The Hall–Kier alpha value is -2.07. The first-order valence-electron chi connectivity index (χ1n) is 7.22. The molecule has 0 saturated heterocycles. The Morgan fingerprint density at radius 1 is 1.00 bits per heavy atom. The minimum Gasteiger partial charge on any atom is -0.279 e. The smallest absolute Gasteiger partial charge is 0.261 e. The zero-order valence-corrected chi connectivity index (χ0v) is 13.9. The largest absolute Gasteiger partial charge is 0.279 e. The van der Waals surface area contributed by atoms with Crippen LogP contribution >= 0.6 is 0 Å². The van der Waals surface area contributed by atoms with E-state index in [-0.39, 0.29) is 4.90 Å². The summed E-state index contributed by atoms with van der Waals surface area (Å²) in [6.07, 6.45) is 4.67. The van der Waals surface area contributed by atoms with E-state index in [2.05, 4.69) is 4.72 Å². The van der Waals surface area contributed by atoms with Crippen LogP contribution in [0.3, 0.4) is 0 Å². The van der Waals surface area contributed by atoms with Gasteiger partial charge in [-0.05, 0) is 51.0 Å². The van der Waals surface area contributed by atoms with Crippen molar-refractivity contribution in [3.8, 4) is 0 Å². The molecular weight excluding hydrogens is 294 g/mol. The van der Waals surface area contributed by atoms with Gasteiger partial charge in [0, 0.05) is 0 Å². The van der Waals surface area contributed by atoms with Crippen LogP contribution in [0.1, 0.15) is 23.6 Å². The van der Waals surface area contributed by atoms with Crippen LogP contribution < -0.4 is 4.72 Å². The number of benzene rings is 2. The highest BCUT2D eigenvalue weighted by Crippen LogP contribution is 2.22. The molecular formula is C18H21NO2S. The monoisotopic (exact) mass is 315 g/mol. The summed E-state index contributed by atoms with van der Waals surface area (Å²) in [5.74, 6) is 0. The van der Waals surface area contributed by atoms with E-state index in [9.17, 15) is 8.42 Å². The summed E-state index contributed by atoms with van der Waals surface area (Å²) >= 11 is 0. The molecule has 22 heavy (non-hydrogen) atoms. The van der Waals surface area contributed by atoms with Crippen molar-refractivity contribution in [1.82, 2.24) is 0 Å². The quantitative estimate of drug-likeness (QED) is 0.840. The highest BCUT2D eigenvalue weighted by molar-refractivity contribution is 7.92. The molecule has 0 aromatic heterocycles. The second kappa shape index (κ2) is 6.79. The molecule has 0 heterocycles. The molecule has 0 aliphatic heterocycles. The molecule has 0 aliphatic carbocycles. The minimum absolute atomic E-state index is 0.274. The highest BCUT2D eigenvalue weighted by Gasteiger charge is 2.15. The van der Waals surface area contributed by atoms with Gasteiger partial charge in [-0.2, -0.15) is 0 Å². The van der Waals surface area contributed by atoms with Gasteiger partial charge < -0.3 is 0 Å². The Morgan fingerprint density at radius 3 is 2.27 bits per heavy atom. The van der Waals surface area contributed by atoms with Crippen LogP contribution in [-0.4, -0.2) is 8.42 Å². The molecule has 2 rings (SSSR count). The van der Waals surface area contributed by atoms with Crippen LogP contribution in [0.4, 0.5) is 5.69 Å². The predicted octanol–water partition coefficient (Wildman–Crippen LogP) is 4.22. The van der Waals surface area contributed by atoms with Crippen LogP contribution in [-0.2, 0) is 16.4 Å². The number of rotatable bonds is 5. The maximum atomic E-state index is 12.5. The van der Waals surface area contributed by atoms with Gasteiger partial charge in [0.25, 0.3) is 10.0 Å². The van der Waals surface area contributed by atoms with Crippen molar-refractivity contribution in [3.05, 3.63) is 71.3 Å². The second-order valence-corrected chi connectivity index (χ2v) is 7.03. The van der Waals surface area contributed by atoms with E-state index in [1.807, 2.05) is 51.1 Å². The molecule has 0 atom stereocenters. The fourth-order valence-corrected chi connectivity index (χ4v) is 3.26. The fraction of sp³-hybridized carbons (Fsp3) is 0.222. The first-order valence-corrected chi connectivity index (χ1v) is 8.71. The Kier molecular flexibility index (Phi) is 5.03. The number of anilines is 1. The van der Waals surface area contributed by atoms with Gasteiger partial charge in [-0.15, -0.1) is 0 Å². The minimum atomic E-state index is -3.56. The molecule has 1 N–H and O–H groups in total. The van der Waals surface area contributed by atoms with Crippen LogP contribution in [0.25, 0.3) is 0 Å². The molecule has 2 aromatic rings. The van der Waals surface area contributed by atoms with Gasteiger partial charge in [0.1, 0.15) is 0 Å². The number of aryl methyl sites for hydroxylation is 2. The van der Waals surface area contributed by atoms with Crippen molar-refractivity contribution in [3.63, 3.8) is 0 Å². The number of nitrogens with one attached hydrogen (secondary N) is 1. The van der Waals surface area contributed by atoms with E-state index >= 15 is 0 Å². The number of hydrogen-bond donors (Lipinski definition) is 1. The molecule has 0 saturated carbocycles. The van der Waals surface area contributed by atoms with E-state index in [1.165, 1.54) is 0 Å². The topological polar surface area (TPSA) is 46.2 Å². The van der Waals surface area contributed by atoms with Crippen LogP contribution in [0, 0.1) is 13.8 Å². The molecule has 116 valence electrons. The lowest BCUT2D eigenvalue weighted by Crippen LogP contribution is -2.14. The van der Waals surface area contributed by atoms with Gasteiger partial charge in [-0.1, -0.05) is 47.5 Å². The summed E-state index contributed by atoms with van der Waals surface area (Å²) in [6.45, 7) is 5.88.